The number of nitrogens with zero attached hydrogens (tertiary/aromatic N) is 2. The molecule has 3 aromatic carbocycles. The van der Waals surface area contributed by atoms with Gasteiger partial charge in [-0.15, -0.1) is 17.0 Å². The molecule has 0 bridgehead atoms. The van der Waals surface area contributed by atoms with E-state index >= 15 is 0 Å². The molecule has 0 saturated carbocycles. The number of anilines is 1. The van der Waals surface area contributed by atoms with Crippen LogP contribution < -0.4 is 4.90 Å². The van der Waals surface area contributed by atoms with Crippen molar-refractivity contribution in [3.63, 3.8) is 0 Å². The van der Waals surface area contributed by atoms with E-state index in [0.29, 0.717) is 6.54 Å². The largest absolute Gasteiger partial charge is 0.322 e. The first kappa shape index (κ1) is 23.4. The van der Waals surface area contributed by atoms with Gasteiger partial charge in [0.15, 0.2) is 5.78 Å². The van der Waals surface area contributed by atoms with Gasteiger partial charge in [-0.3, -0.25) is 9.79 Å². The van der Waals surface area contributed by atoms with Crippen molar-refractivity contribution in [3.05, 3.63) is 88.9 Å². The standard InChI is InChI=1S/C26H25BrN2O.BrH/c27-23-14-16-24(17-15-23)29(26-9-5-2-6-18-28-26)19-25(30)22-12-10-21(11-13-22)20-7-3-1-4-8-20;/h1,3-4,7-8,10-17H,2,5-6,9,18-19H2;1H. The lowest BCUT2D eigenvalue weighted by molar-refractivity contribution is 0.100. The van der Waals surface area contributed by atoms with Gasteiger partial charge in [0.05, 0.1) is 6.54 Å². The predicted molar refractivity (Wildman–Crippen MR) is 139 cm³/mol. The number of carbonyl (C=O) groups excluding carboxylic acids is 1. The Morgan fingerprint density at radius 2 is 1.52 bits per heavy atom. The average Bonchev–Trinajstić information content (AvgIpc) is 3.08. The predicted octanol–water partition coefficient (Wildman–Crippen LogP) is 7.36. The number of ketones is 1. The van der Waals surface area contributed by atoms with Crippen LogP contribution in [0.15, 0.2) is 88.3 Å². The van der Waals surface area contributed by atoms with E-state index in [2.05, 4.69) is 33.0 Å². The summed E-state index contributed by atoms with van der Waals surface area (Å²) < 4.78 is 1.02. The second kappa shape index (κ2) is 11.4. The quantitative estimate of drug-likeness (QED) is 0.316. The van der Waals surface area contributed by atoms with E-state index in [4.69, 9.17) is 4.99 Å². The van der Waals surface area contributed by atoms with Crippen LogP contribution in [0.1, 0.15) is 36.0 Å². The maximum absolute atomic E-state index is 13.2. The molecule has 0 amide bonds. The summed E-state index contributed by atoms with van der Waals surface area (Å²) in [4.78, 5) is 20.1. The number of Topliss-reactive ketones (excluding diaryl/α,β-unsaturated/α-hetero) is 1. The first-order valence-electron chi connectivity index (χ1n) is 10.5. The molecular formula is C26H26Br2N2O. The van der Waals surface area contributed by atoms with Gasteiger partial charge in [-0.2, -0.15) is 0 Å². The van der Waals surface area contributed by atoms with Crippen LogP contribution in [0.4, 0.5) is 5.69 Å². The number of hydrogen-bond acceptors (Lipinski definition) is 3. The molecule has 3 nitrogen and oxygen atoms in total. The van der Waals surface area contributed by atoms with E-state index in [1.54, 1.807) is 0 Å². The number of halogens is 2. The SMILES string of the molecule is Br.O=C(CN(C1=NCCCCC1)c1ccc(Br)cc1)c1ccc(-c2ccccc2)cc1. The minimum atomic E-state index is 0. The molecule has 31 heavy (non-hydrogen) atoms. The zero-order chi connectivity index (χ0) is 20.8. The number of carbonyl (C=O) groups is 1. The van der Waals surface area contributed by atoms with Gasteiger partial charge in [-0.25, -0.2) is 0 Å². The highest BCUT2D eigenvalue weighted by atomic mass is 79.9. The Kier molecular flexibility index (Phi) is 8.61. The third-order valence-electron chi connectivity index (χ3n) is 5.42. The van der Waals surface area contributed by atoms with E-state index in [1.165, 1.54) is 6.42 Å². The molecule has 3 aromatic rings. The minimum Gasteiger partial charge on any atom is -0.322 e. The third kappa shape index (κ3) is 6.14. The fourth-order valence-corrected chi connectivity index (χ4v) is 4.01. The van der Waals surface area contributed by atoms with E-state index in [1.807, 2.05) is 66.7 Å². The Bertz CT molecular complexity index is 1020. The number of amidine groups is 1. The summed E-state index contributed by atoms with van der Waals surface area (Å²) in [5, 5.41) is 0. The molecule has 0 aliphatic carbocycles. The molecule has 0 unspecified atom stereocenters. The van der Waals surface area contributed by atoms with Gasteiger partial charge in [0.1, 0.15) is 5.84 Å². The lowest BCUT2D eigenvalue weighted by Crippen LogP contribution is -2.36. The van der Waals surface area contributed by atoms with E-state index < -0.39 is 0 Å². The minimum absolute atomic E-state index is 0. The Balaban J connectivity index is 0.00000272. The number of rotatable bonds is 5. The fraction of sp³-hybridized carbons (Fsp3) is 0.231. The van der Waals surface area contributed by atoms with Gasteiger partial charge in [-0.1, -0.05) is 76.9 Å². The van der Waals surface area contributed by atoms with Crippen LogP contribution in [0.5, 0.6) is 0 Å². The molecule has 0 fully saturated rings. The summed E-state index contributed by atoms with van der Waals surface area (Å²) in [7, 11) is 0. The van der Waals surface area contributed by atoms with Gasteiger partial charge in [0, 0.05) is 28.7 Å². The van der Waals surface area contributed by atoms with Gasteiger partial charge in [0.2, 0.25) is 0 Å². The Labute approximate surface area is 203 Å². The van der Waals surface area contributed by atoms with Crippen LogP contribution in [0.2, 0.25) is 0 Å². The smallest absolute Gasteiger partial charge is 0.182 e. The van der Waals surface area contributed by atoms with Crippen molar-refractivity contribution < 1.29 is 4.79 Å². The molecule has 0 aromatic heterocycles. The Morgan fingerprint density at radius 1 is 0.839 bits per heavy atom. The van der Waals surface area contributed by atoms with E-state index in [9.17, 15) is 4.79 Å². The molecule has 1 aliphatic heterocycles. The molecule has 0 atom stereocenters. The first-order valence-corrected chi connectivity index (χ1v) is 11.2. The summed E-state index contributed by atoms with van der Waals surface area (Å²) in [5.74, 6) is 1.12. The molecule has 1 aliphatic rings. The lowest BCUT2D eigenvalue weighted by Gasteiger charge is -2.25. The molecule has 1 heterocycles. The molecule has 0 spiro atoms. The van der Waals surface area contributed by atoms with Crippen LogP contribution in [0.3, 0.4) is 0 Å². The van der Waals surface area contributed by atoms with Crippen LogP contribution in [-0.2, 0) is 0 Å². The van der Waals surface area contributed by atoms with Crippen LogP contribution >= 0.6 is 32.9 Å². The van der Waals surface area contributed by atoms with Crippen molar-refractivity contribution in [2.24, 2.45) is 4.99 Å². The van der Waals surface area contributed by atoms with Crippen molar-refractivity contribution in [1.82, 2.24) is 0 Å². The first-order chi connectivity index (χ1) is 14.7. The highest BCUT2D eigenvalue weighted by molar-refractivity contribution is 9.10. The molecular weight excluding hydrogens is 516 g/mol. The highest BCUT2D eigenvalue weighted by Crippen LogP contribution is 2.23. The van der Waals surface area contributed by atoms with E-state index in [0.717, 1.165) is 58.5 Å². The Morgan fingerprint density at radius 3 is 2.23 bits per heavy atom. The van der Waals surface area contributed by atoms with Gasteiger partial charge in [-0.05, 0) is 48.2 Å². The zero-order valence-electron chi connectivity index (χ0n) is 17.3. The van der Waals surface area contributed by atoms with Crippen molar-refractivity contribution in [2.75, 3.05) is 18.0 Å². The average molecular weight is 542 g/mol. The topological polar surface area (TPSA) is 32.7 Å². The van der Waals surface area contributed by atoms with Crippen LogP contribution in [-0.4, -0.2) is 24.7 Å². The van der Waals surface area contributed by atoms with Crippen molar-refractivity contribution in [1.29, 1.82) is 0 Å². The second-order valence-corrected chi connectivity index (χ2v) is 8.45. The van der Waals surface area contributed by atoms with Crippen molar-refractivity contribution >= 4 is 50.2 Å². The zero-order valence-corrected chi connectivity index (χ0v) is 20.6. The maximum Gasteiger partial charge on any atom is 0.182 e. The third-order valence-corrected chi connectivity index (χ3v) is 5.95. The van der Waals surface area contributed by atoms with Crippen LogP contribution in [0.25, 0.3) is 11.1 Å². The molecule has 5 heteroatoms. The van der Waals surface area contributed by atoms with Crippen LogP contribution in [0, 0.1) is 0 Å². The van der Waals surface area contributed by atoms with Crippen molar-refractivity contribution in [2.45, 2.75) is 25.7 Å². The summed E-state index contributed by atoms with van der Waals surface area (Å²) >= 11 is 3.50. The number of benzene rings is 3. The Hall–Kier alpha value is -2.24. The van der Waals surface area contributed by atoms with Gasteiger partial charge in [0.25, 0.3) is 0 Å². The summed E-state index contributed by atoms with van der Waals surface area (Å²) in [5.41, 5.74) is 4.00. The number of aliphatic imine (C=N–C) groups is 1. The lowest BCUT2D eigenvalue weighted by atomic mass is 10.0. The van der Waals surface area contributed by atoms with Crippen molar-refractivity contribution in [3.8, 4) is 11.1 Å². The summed E-state index contributed by atoms with van der Waals surface area (Å²) in [6.45, 7) is 1.13. The van der Waals surface area contributed by atoms with Gasteiger partial charge >= 0.3 is 0 Å². The second-order valence-electron chi connectivity index (χ2n) is 7.54. The normalized spacial score (nSPS) is 13.5. The fourth-order valence-electron chi connectivity index (χ4n) is 3.75. The number of hydrogen-bond donors (Lipinski definition) is 0. The molecule has 0 saturated heterocycles. The monoisotopic (exact) mass is 540 g/mol. The molecule has 0 N–H and O–H groups in total. The molecule has 0 radical (unpaired) electrons. The molecule has 4 rings (SSSR count). The summed E-state index contributed by atoms with van der Waals surface area (Å²) in [6.07, 6.45) is 4.34. The summed E-state index contributed by atoms with van der Waals surface area (Å²) in [6, 6.07) is 26.2. The van der Waals surface area contributed by atoms with Gasteiger partial charge < -0.3 is 4.90 Å². The highest BCUT2D eigenvalue weighted by Gasteiger charge is 2.19. The molecule has 160 valence electrons. The van der Waals surface area contributed by atoms with E-state index in [-0.39, 0.29) is 22.8 Å². The maximum atomic E-state index is 13.2.